The van der Waals surface area contributed by atoms with E-state index in [1.54, 1.807) is 30.3 Å². The van der Waals surface area contributed by atoms with Gasteiger partial charge in [-0.3, -0.25) is 0 Å². The number of carboxylic acids is 1. The second-order valence-electron chi connectivity index (χ2n) is 9.59. The molecule has 2 aliphatic rings. The van der Waals surface area contributed by atoms with Crippen molar-refractivity contribution < 1.29 is 19.2 Å². The summed E-state index contributed by atoms with van der Waals surface area (Å²) in [5.74, 6) is 1.51. The molecule has 2 aliphatic carbocycles. The number of hydrogen-bond donors (Lipinski definition) is 1. The first kappa shape index (κ1) is 24.4. The van der Waals surface area contributed by atoms with Gasteiger partial charge in [-0.2, -0.15) is 0 Å². The summed E-state index contributed by atoms with van der Waals surface area (Å²) in [7, 11) is 0. The number of halogens is 3. The molecule has 0 unspecified atom stereocenters. The molecule has 8 heteroatoms. The van der Waals surface area contributed by atoms with E-state index in [2.05, 4.69) is 5.16 Å². The minimum absolute atomic E-state index is 0.254. The molecule has 1 N–H and O–H groups in total. The van der Waals surface area contributed by atoms with Crippen LogP contribution in [-0.2, 0) is 6.61 Å². The summed E-state index contributed by atoms with van der Waals surface area (Å²) >= 11 is 19.6. The first-order valence-electron chi connectivity index (χ1n) is 12.1. The maximum atomic E-state index is 11.1. The van der Waals surface area contributed by atoms with E-state index in [4.69, 9.17) is 49.2 Å². The number of benzene rings is 3. The SMILES string of the molecule is O=C(O)c1ccc([C@H]2C[C@@H]2c2ccc(OCc3c(-c4c(Cl)cccc4Cl)noc3C3CC3)cc2Cl)cc1. The predicted octanol–water partition coefficient (Wildman–Crippen LogP) is 8.73. The van der Waals surface area contributed by atoms with Crippen molar-refractivity contribution in [1.29, 1.82) is 0 Å². The summed E-state index contributed by atoms with van der Waals surface area (Å²) in [6.07, 6.45) is 3.08. The fraction of sp³-hybridized carbons (Fsp3) is 0.241. The molecule has 6 rings (SSSR count). The van der Waals surface area contributed by atoms with Crippen LogP contribution in [0.3, 0.4) is 0 Å². The van der Waals surface area contributed by atoms with Crippen LogP contribution in [0.25, 0.3) is 11.3 Å². The van der Waals surface area contributed by atoms with Crippen LogP contribution in [-0.4, -0.2) is 16.2 Å². The van der Waals surface area contributed by atoms with Crippen molar-refractivity contribution in [2.45, 2.75) is 43.6 Å². The third kappa shape index (κ3) is 4.84. The minimum atomic E-state index is -0.921. The van der Waals surface area contributed by atoms with E-state index in [-0.39, 0.29) is 12.2 Å². The lowest BCUT2D eigenvalue weighted by Crippen LogP contribution is -2.00. The van der Waals surface area contributed by atoms with E-state index in [1.807, 2.05) is 30.3 Å². The highest BCUT2D eigenvalue weighted by Crippen LogP contribution is 2.56. The largest absolute Gasteiger partial charge is 0.489 e. The zero-order valence-corrected chi connectivity index (χ0v) is 21.9. The van der Waals surface area contributed by atoms with Crippen LogP contribution >= 0.6 is 34.8 Å². The standard InChI is InChI=1S/C29H22Cl3NO4/c30-23-2-1-3-24(31)26(23)27-22(28(37-33-27)16-6-7-16)14-36-18-10-11-19(25(32)12-18)21-13-20(21)15-4-8-17(9-5-15)29(34)35/h1-5,8-12,16,20-21H,6-7,13-14H2,(H,34,35)/t20-,21-/m1/s1. The van der Waals surface area contributed by atoms with Crippen LogP contribution < -0.4 is 4.74 Å². The Bertz CT molecular complexity index is 1470. The normalized spacial score (nSPS) is 18.6. The van der Waals surface area contributed by atoms with Gasteiger partial charge in [0.1, 0.15) is 23.8 Å². The van der Waals surface area contributed by atoms with Gasteiger partial charge in [0.2, 0.25) is 0 Å². The first-order chi connectivity index (χ1) is 17.9. The van der Waals surface area contributed by atoms with Gasteiger partial charge in [-0.1, -0.05) is 64.2 Å². The lowest BCUT2D eigenvalue weighted by Gasteiger charge is -2.11. The van der Waals surface area contributed by atoms with E-state index < -0.39 is 5.97 Å². The van der Waals surface area contributed by atoms with Crippen molar-refractivity contribution in [2.75, 3.05) is 0 Å². The third-order valence-electron chi connectivity index (χ3n) is 7.10. The molecule has 0 radical (unpaired) electrons. The molecule has 188 valence electrons. The number of aromatic nitrogens is 1. The molecule has 2 fully saturated rings. The van der Waals surface area contributed by atoms with Crippen molar-refractivity contribution in [3.63, 3.8) is 0 Å². The zero-order chi connectivity index (χ0) is 25.7. The van der Waals surface area contributed by atoms with Crippen LogP contribution in [0.2, 0.25) is 15.1 Å². The van der Waals surface area contributed by atoms with Gasteiger partial charge in [0, 0.05) is 16.5 Å². The molecule has 37 heavy (non-hydrogen) atoms. The average Bonchev–Trinajstić information content (AvgIpc) is 3.81. The minimum Gasteiger partial charge on any atom is -0.489 e. The number of carbonyl (C=O) groups is 1. The van der Waals surface area contributed by atoms with Crippen molar-refractivity contribution in [3.8, 4) is 17.0 Å². The van der Waals surface area contributed by atoms with Crippen LogP contribution in [0, 0.1) is 0 Å². The second kappa shape index (κ2) is 9.71. The topological polar surface area (TPSA) is 72.6 Å². The molecule has 2 saturated carbocycles. The van der Waals surface area contributed by atoms with Gasteiger partial charge < -0.3 is 14.4 Å². The van der Waals surface area contributed by atoms with Gasteiger partial charge in [0.05, 0.1) is 21.2 Å². The monoisotopic (exact) mass is 553 g/mol. The Morgan fingerprint density at radius 3 is 2.35 bits per heavy atom. The number of hydrogen-bond acceptors (Lipinski definition) is 4. The summed E-state index contributed by atoms with van der Waals surface area (Å²) in [6.45, 7) is 0.254. The maximum Gasteiger partial charge on any atom is 0.335 e. The van der Waals surface area contributed by atoms with Gasteiger partial charge in [0.25, 0.3) is 0 Å². The first-order valence-corrected chi connectivity index (χ1v) is 13.2. The Morgan fingerprint density at radius 1 is 0.973 bits per heavy atom. The van der Waals surface area contributed by atoms with Gasteiger partial charge in [0.15, 0.2) is 0 Å². The van der Waals surface area contributed by atoms with Crippen molar-refractivity contribution in [3.05, 3.63) is 104 Å². The molecule has 0 bridgehead atoms. The Labute approximate surface area is 228 Å². The average molecular weight is 555 g/mol. The van der Waals surface area contributed by atoms with Gasteiger partial charge in [-0.25, -0.2) is 4.79 Å². The lowest BCUT2D eigenvalue weighted by atomic mass is 10.0. The third-order valence-corrected chi connectivity index (χ3v) is 8.05. The highest BCUT2D eigenvalue weighted by atomic mass is 35.5. The summed E-state index contributed by atoms with van der Waals surface area (Å²) < 4.78 is 11.9. The Balaban J connectivity index is 1.19. The molecule has 0 spiro atoms. The number of aromatic carboxylic acids is 1. The quantitative estimate of drug-likeness (QED) is 0.236. The van der Waals surface area contributed by atoms with E-state index >= 15 is 0 Å². The molecule has 2 atom stereocenters. The smallest absolute Gasteiger partial charge is 0.335 e. The molecular weight excluding hydrogens is 533 g/mol. The van der Waals surface area contributed by atoms with Crippen molar-refractivity contribution in [2.24, 2.45) is 0 Å². The number of nitrogens with zero attached hydrogens (tertiary/aromatic N) is 1. The van der Waals surface area contributed by atoms with Gasteiger partial charge in [-0.05, 0) is 78.6 Å². The molecule has 3 aromatic carbocycles. The summed E-state index contributed by atoms with van der Waals surface area (Å²) in [4.78, 5) is 11.1. The molecule has 0 saturated heterocycles. The summed E-state index contributed by atoms with van der Waals surface area (Å²) in [6, 6.07) is 18.2. The predicted molar refractivity (Wildman–Crippen MR) is 143 cm³/mol. The maximum absolute atomic E-state index is 11.1. The summed E-state index contributed by atoms with van der Waals surface area (Å²) in [5, 5.41) is 15.1. The molecule has 1 heterocycles. The Kier molecular flexibility index (Phi) is 6.39. The fourth-order valence-corrected chi connectivity index (χ4v) is 5.77. The molecule has 0 aliphatic heterocycles. The van der Waals surface area contributed by atoms with E-state index in [1.165, 1.54) is 0 Å². The Hall–Kier alpha value is -2.99. The lowest BCUT2D eigenvalue weighted by molar-refractivity contribution is 0.0697. The number of ether oxygens (including phenoxy) is 1. The van der Waals surface area contributed by atoms with Crippen LogP contribution in [0.5, 0.6) is 5.75 Å². The molecule has 0 amide bonds. The fourth-order valence-electron chi connectivity index (χ4n) is 4.88. The Morgan fingerprint density at radius 2 is 1.70 bits per heavy atom. The molecule has 5 nitrogen and oxygen atoms in total. The van der Waals surface area contributed by atoms with Crippen LogP contribution in [0.15, 0.2) is 65.2 Å². The summed E-state index contributed by atoms with van der Waals surface area (Å²) in [5.41, 5.74) is 4.58. The number of carboxylic acid groups (broad SMARTS) is 1. The van der Waals surface area contributed by atoms with Gasteiger partial charge >= 0.3 is 5.97 Å². The van der Waals surface area contributed by atoms with Crippen LogP contribution in [0.4, 0.5) is 0 Å². The highest BCUT2D eigenvalue weighted by Gasteiger charge is 2.40. The van der Waals surface area contributed by atoms with E-state index in [0.29, 0.717) is 49.8 Å². The van der Waals surface area contributed by atoms with Crippen molar-refractivity contribution in [1.82, 2.24) is 5.16 Å². The molecular formula is C29H22Cl3NO4. The van der Waals surface area contributed by atoms with Crippen molar-refractivity contribution >= 4 is 40.8 Å². The van der Waals surface area contributed by atoms with Crippen LogP contribution in [0.1, 0.15) is 69.8 Å². The van der Waals surface area contributed by atoms with Gasteiger partial charge in [-0.15, -0.1) is 0 Å². The number of rotatable bonds is 8. The zero-order valence-electron chi connectivity index (χ0n) is 19.6. The highest BCUT2D eigenvalue weighted by molar-refractivity contribution is 6.39. The molecule has 4 aromatic rings. The van der Waals surface area contributed by atoms with E-state index in [9.17, 15) is 4.79 Å². The van der Waals surface area contributed by atoms with E-state index in [0.717, 1.165) is 41.7 Å². The second-order valence-corrected chi connectivity index (χ2v) is 10.8. The molecule has 1 aromatic heterocycles.